The van der Waals surface area contributed by atoms with E-state index >= 15 is 0 Å². The third-order valence-corrected chi connectivity index (χ3v) is 8.38. The molecule has 196 valence electrons. The van der Waals surface area contributed by atoms with Gasteiger partial charge >= 0.3 is 11.8 Å². The summed E-state index contributed by atoms with van der Waals surface area (Å²) in [5.74, 6) is -2.07. The van der Waals surface area contributed by atoms with E-state index in [1.54, 1.807) is 40.5 Å². The molecule has 2 N–H and O–H groups in total. The van der Waals surface area contributed by atoms with Gasteiger partial charge in [-0.3, -0.25) is 29.4 Å². The number of amides is 4. The summed E-state index contributed by atoms with van der Waals surface area (Å²) in [6, 6.07) is 19.5. The standard InChI is InChI=1S/C28H27BrN4O4S/c29-21-3-1-2-19(15-21)24-9-8-23(38-24)17-32-10-12-33(13-11-32)28(37)27(36)30-22-6-4-18(5-7-22)14-20-16-25(34)31-26(20)35/h1-9,15,20H,10-14,16-17H2,(H,30,36)(H,31,34,35). The molecule has 10 heteroatoms. The van der Waals surface area contributed by atoms with Crippen LogP contribution in [0.3, 0.4) is 0 Å². The Hall–Kier alpha value is -3.34. The molecule has 1 unspecified atom stereocenters. The molecule has 0 radical (unpaired) electrons. The van der Waals surface area contributed by atoms with E-state index in [1.165, 1.54) is 15.3 Å². The van der Waals surface area contributed by atoms with Crippen LogP contribution in [0.1, 0.15) is 16.9 Å². The Kier molecular flexibility index (Phi) is 8.01. The Morgan fingerprint density at radius 1 is 1.00 bits per heavy atom. The summed E-state index contributed by atoms with van der Waals surface area (Å²) in [5, 5.41) is 4.98. The molecule has 0 saturated carbocycles. The second kappa shape index (κ2) is 11.6. The third-order valence-electron chi connectivity index (χ3n) is 6.76. The number of rotatable bonds is 6. The number of carbonyl (C=O) groups is 4. The molecule has 2 fully saturated rings. The number of hydrogen-bond donors (Lipinski definition) is 2. The maximum Gasteiger partial charge on any atom is 0.313 e. The normalized spacial score (nSPS) is 17.9. The number of thiophene rings is 1. The van der Waals surface area contributed by atoms with E-state index in [0.717, 1.165) is 16.6 Å². The van der Waals surface area contributed by atoms with E-state index in [4.69, 9.17) is 0 Å². The van der Waals surface area contributed by atoms with E-state index in [0.29, 0.717) is 38.3 Å². The molecule has 1 aromatic heterocycles. The van der Waals surface area contributed by atoms with Crippen molar-refractivity contribution in [3.8, 4) is 10.4 Å². The van der Waals surface area contributed by atoms with Crippen molar-refractivity contribution in [2.45, 2.75) is 19.4 Å². The number of piperazine rings is 1. The van der Waals surface area contributed by atoms with Gasteiger partial charge in [0.25, 0.3) is 0 Å². The second-order valence-corrected chi connectivity index (χ2v) is 11.6. The van der Waals surface area contributed by atoms with Crippen LogP contribution < -0.4 is 10.6 Å². The molecule has 0 aliphatic carbocycles. The smallest absolute Gasteiger partial charge is 0.313 e. The van der Waals surface area contributed by atoms with Crippen molar-refractivity contribution >= 4 is 56.6 Å². The van der Waals surface area contributed by atoms with Gasteiger partial charge in [-0.1, -0.05) is 40.2 Å². The fourth-order valence-electron chi connectivity index (χ4n) is 4.70. The lowest BCUT2D eigenvalue weighted by atomic mass is 9.98. The Bertz CT molecular complexity index is 1370. The molecule has 4 amide bonds. The van der Waals surface area contributed by atoms with Crippen LogP contribution in [0.5, 0.6) is 0 Å². The van der Waals surface area contributed by atoms with Crippen molar-refractivity contribution in [2.75, 3.05) is 31.5 Å². The highest BCUT2D eigenvalue weighted by molar-refractivity contribution is 9.10. The van der Waals surface area contributed by atoms with E-state index in [1.807, 2.05) is 12.1 Å². The Morgan fingerprint density at radius 3 is 2.45 bits per heavy atom. The van der Waals surface area contributed by atoms with Gasteiger partial charge in [0.2, 0.25) is 11.8 Å². The summed E-state index contributed by atoms with van der Waals surface area (Å²) in [5.41, 5.74) is 2.58. The maximum atomic E-state index is 12.7. The summed E-state index contributed by atoms with van der Waals surface area (Å²) in [6.45, 7) is 3.22. The highest BCUT2D eigenvalue weighted by atomic mass is 79.9. The van der Waals surface area contributed by atoms with Crippen LogP contribution in [0.15, 0.2) is 65.1 Å². The third kappa shape index (κ3) is 6.38. The Labute approximate surface area is 233 Å². The average Bonchev–Trinajstić information content (AvgIpc) is 3.50. The van der Waals surface area contributed by atoms with Crippen LogP contribution in [-0.4, -0.2) is 59.6 Å². The number of carbonyl (C=O) groups excluding carboxylic acids is 4. The van der Waals surface area contributed by atoms with Gasteiger partial charge in [-0.25, -0.2) is 0 Å². The van der Waals surface area contributed by atoms with Crippen LogP contribution in [0, 0.1) is 5.92 Å². The predicted molar refractivity (Wildman–Crippen MR) is 149 cm³/mol. The van der Waals surface area contributed by atoms with Gasteiger partial charge in [0.1, 0.15) is 0 Å². The summed E-state index contributed by atoms with van der Waals surface area (Å²) in [6.07, 6.45) is 0.644. The molecule has 2 saturated heterocycles. The van der Waals surface area contributed by atoms with Gasteiger partial charge < -0.3 is 10.2 Å². The van der Waals surface area contributed by atoms with Crippen molar-refractivity contribution in [3.63, 3.8) is 0 Å². The summed E-state index contributed by atoms with van der Waals surface area (Å²) in [4.78, 5) is 54.8. The minimum atomic E-state index is -0.663. The minimum Gasteiger partial charge on any atom is -0.332 e. The fourth-order valence-corrected chi connectivity index (χ4v) is 6.14. The van der Waals surface area contributed by atoms with Crippen molar-refractivity contribution in [2.24, 2.45) is 5.92 Å². The van der Waals surface area contributed by atoms with Gasteiger partial charge in [-0.05, 0) is 53.9 Å². The summed E-state index contributed by atoms with van der Waals surface area (Å²) < 4.78 is 1.06. The number of anilines is 1. The van der Waals surface area contributed by atoms with Crippen molar-refractivity contribution in [3.05, 3.63) is 75.6 Å². The van der Waals surface area contributed by atoms with Crippen LogP contribution in [0.2, 0.25) is 0 Å². The van der Waals surface area contributed by atoms with Crippen molar-refractivity contribution < 1.29 is 19.2 Å². The average molecular weight is 596 g/mol. The first-order valence-electron chi connectivity index (χ1n) is 12.4. The van der Waals surface area contributed by atoms with E-state index in [-0.39, 0.29) is 24.2 Å². The summed E-state index contributed by atoms with van der Waals surface area (Å²) in [7, 11) is 0. The fraction of sp³-hybridized carbons (Fsp3) is 0.286. The molecule has 2 aliphatic heterocycles. The largest absolute Gasteiger partial charge is 0.332 e. The lowest BCUT2D eigenvalue weighted by Gasteiger charge is -2.34. The number of benzene rings is 2. The van der Waals surface area contributed by atoms with Crippen LogP contribution >= 0.6 is 27.3 Å². The molecule has 0 spiro atoms. The van der Waals surface area contributed by atoms with Crippen LogP contribution in [0.4, 0.5) is 5.69 Å². The van der Waals surface area contributed by atoms with Gasteiger partial charge in [0.05, 0.1) is 5.92 Å². The number of nitrogens with zero attached hydrogens (tertiary/aromatic N) is 2. The highest BCUT2D eigenvalue weighted by Gasteiger charge is 2.30. The van der Waals surface area contributed by atoms with Crippen LogP contribution in [0.25, 0.3) is 10.4 Å². The van der Waals surface area contributed by atoms with Gasteiger partial charge in [-0.15, -0.1) is 11.3 Å². The first kappa shape index (κ1) is 26.3. The second-order valence-electron chi connectivity index (χ2n) is 9.51. The number of imide groups is 1. The number of halogens is 1. The minimum absolute atomic E-state index is 0.194. The molecule has 3 aromatic rings. The van der Waals surface area contributed by atoms with Crippen molar-refractivity contribution in [1.82, 2.24) is 15.1 Å². The molecule has 5 rings (SSSR count). The molecular weight excluding hydrogens is 568 g/mol. The zero-order chi connectivity index (χ0) is 26.6. The summed E-state index contributed by atoms with van der Waals surface area (Å²) >= 11 is 5.30. The topological polar surface area (TPSA) is 98.8 Å². The molecule has 38 heavy (non-hydrogen) atoms. The molecule has 3 heterocycles. The quantitative estimate of drug-likeness (QED) is 0.335. The number of hydrogen-bond acceptors (Lipinski definition) is 6. The molecule has 8 nitrogen and oxygen atoms in total. The van der Waals surface area contributed by atoms with Gasteiger partial charge in [0, 0.05) is 59.1 Å². The molecule has 2 aromatic carbocycles. The monoisotopic (exact) mass is 594 g/mol. The highest BCUT2D eigenvalue weighted by Crippen LogP contribution is 2.30. The molecule has 2 aliphatic rings. The maximum absolute atomic E-state index is 12.7. The first-order valence-corrected chi connectivity index (χ1v) is 14.0. The predicted octanol–water partition coefficient (Wildman–Crippen LogP) is 3.67. The van der Waals surface area contributed by atoms with Crippen molar-refractivity contribution in [1.29, 1.82) is 0 Å². The number of nitrogens with one attached hydrogen (secondary N) is 2. The van der Waals surface area contributed by atoms with E-state index in [2.05, 4.69) is 55.7 Å². The Balaban J connectivity index is 1.08. The van der Waals surface area contributed by atoms with Crippen LogP contribution in [-0.2, 0) is 32.1 Å². The molecular formula is C28H27BrN4O4S. The Morgan fingerprint density at radius 2 is 1.76 bits per heavy atom. The molecule has 1 atom stereocenters. The van der Waals surface area contributed by atoms with Gasteiger partial charge in [-0.2, -0.15) is 0 Å². The zero-order valence-electron chi connectivity index (χ0n) is 20.6. The lowest BCUT2D eigenvalue weighted by molar-refractivity contribution is -0.144. The lowest BCUT2D eigenvalue weighted by Crippen LogP contribution is -2.51. The van der Waals surface area contributed by atoms with Gasteiger partial charge in [0.15, 0.2) is 0 Å². The first-order chi connectivity index (χ1) is 18.3. The van der Waals surface area contributed by atoms with E-state index < -0.39 is 11.8 Å². The zero-order valence-corrected chi connectivity index (χ0v) is 23.0. The van der Waals surface area contributed by atoms with E-state index in [9.17, 15) is 19.2 Å². The SMILES string of the molecule is O=C1CC(Cc2ccc(NC(=O)C(=O)N3CCN(Cc4ccc(-c5cccc(Br)c5)s4)CC3)cc2)C(=O)N1. The molecule has 0 bridgehead atoms.